The van der Waals surface area contributed by atoms with Crippen molar-refractivity contribution in [1.29, 1.82) is 0 Å². The second-order valence-corrected chi connectivity index (χ2v) is 4.99. The third kappa shape index (κ3) is 1.82. The van der Waals surface area contributed by atoms with Gasteiger partial charge in [0.2, 0.25) is 0 Å². The van der Waals surface area contributed by atoms with Gasteiger partial charge in [0.05, 0.1) is 4.51 Å². The predicted octanol–water partition coefficient (Wildman–Crippen LogP) is 5.62. The molecule has 0 bridgehead atoms. The van der Waals surface area contributed by atoms with Crippen LogP contribution in [0.2, 0.25) is 10.0 Å². The third-order valence-corrected chi connectivity index (χ3v) is 3.50. The van der Waals surface area contributed by atoms with E-state index in [-0.39, 0.29) is 0 Å². The number of rotatable bonds is 0. The van der Waals surface area contributed by atoms with E-state index in [1.54, 1.807) is 12.1 Å². The zero-order chi connectivity index (χ0) is 12.0. The number of hydrogen-bond donors (Lipinski definition) is 0. The molecule has 0 atom stereocenters. The molecule has 1 nitrogen and oxygen atoms in total. The first kappa shape index (κ1) is 11.0. The summed E-state index contributed by atoms with van der Waals surface area (Å²) in [5.74, 6) is 0. The summed E-state index contributed by atoms with van der Waals surface area (Å²) in [6.07, 6.45) is 0. The zero-order valence-corrected chi connectivity index (χ0v) is 10.9. The Kier molecular flexibility index (Phi) is 2.58. The van der Waals surface area contributed by atoms with E-state index in [0.29, 0.717) is 14.6 Å². The smallest absolute Gasteiger partial charge is 0.136 e. The Morgan fingerprint density at radius 3 is 1.76 bits per heavy atom. The van der Waals surface area contributed by atoms with Gasteiger partial charge in [-0.2, -0.15) is 0 Å². The van der Waals surface area contributed by atoms with Gasteiger partial charge < -0.3 is 4.42 Å². The van der Waals surface area contributed by atoms with Crippen molar-refractivity contribution >= 4 is 57.4 Å². The summed E-state index contributed by atoms with van der Waals surface area (Å²) in [5.41, 5.74) is 1.46. The van der Waals surface area contributed by atoms with E-state index in [1.807, 2.05) is 24.3 Å². The molecule has 3 rings (SSSR count). The highest BCUT2D eigenvalue weighted by Crippen LogP contribution is 2.29. The molecule has 17 heavy (non-hydrogen) atoms. The molecule has 0 unspecified atom stereocenters. The molecule has 0 amide bonds. The van der Waals surface area contributed by atoms with Gasteiger partial charge >= 0.3 is 0 Å². The standard InChI is InChI=1S/C13H6Cl2OS/c14-7-1-3-11-9(5-7)13(17)10-6-8(15)2-4-12(10)16-11/h1-6H. The van der Waals surface area contributed by atoms with Crippen molar-refractivity contribution in [1.82, 2.24) is 0 Å². The van der Waals surface area contributed by atoms with Crippen molar-refractivity contribution in [3.05, 3.63) is 51.0 Å². The van der Waals surface area contributed by atoms with Gasteiger partial charge in [0, 0.05) is 20.8 Å². The SMILES string of the molecule is S=c1c2cc(Cl)ccc2oc2ccc(Cl)cc12. The first-order valence-corrected chi connectivity index (χ1v) is 6.13. The molecule has 0 radical (unpaired) electrons. The van der Waals surface area contributed by atoms with E-state index < -0.39 is 0 Å². The maximum Gasteiger partial charge on any atom is 0.136 e. The number of benzene rings is 2. The van der Waals surface area contributed by atoms with Crippen LogP contribution in [0.25, 0.3) is 21.9 Å². The van der Waals surface area contributed by atoms with Crippen LogP contribution in [0.15, 0.2) is 40.8 Å². The summed E-state index contributed by atoms with van der Waals surface area (Å²) in [6, 6.07) is 10.8. The van der Waals surface area contributed by atoms with Gasteiger partial charge in [-0.25, -0.2) is 0 Å². The quantitative estimate of drug-likeness (QED) is 0.391. The van der Waals surface area contributed by atoms with Gasteiger partial charge in [0.15, 0.2) is 0 Å². The van der Waals surface area contributed by atoms with Crippen molar-refractivity contribution in [3.63, 3.8) is 0 Å². The molecule has 0 aliphatic rings. The molecule has 0 saturated carbocycles. The molecule has 1 heterocycles. The van der Waals surface area contributed by atoms with Crippen molar-refractivity contribution in [2.45, 2.75) is 0 Å². The fourth-order valence-corrected chi connectivity index (χ4v) is 2.46. The minimum absolute atomic E-state index is 0.639. The Morgan fingerprint density at radius 1 is 0.824 bits per heavy atom. The van der Waals surface area contributed by atoms with E-state index in [2.05, 4.69) is 0 Å². The van der Waals surface area contributed by atoms with Gasteiger partial charge in [-0.05, 0) is 36.4 Å². The molecule has 0 N–H and O–H groups in total. The second kappa shape index (κ2) is 3.98. The summed E-state index contributed by atoms with van der Waals surface area (Å²) in [7, 11) is 0. The highest BCUT2D eigenvalue weighted by Gasteiger charge is 2.05. The number of hydrogen-bond acceptors (Lipinski definition) is 2. The lowest BCUT2D eigenvalue weighted by molar-refractivity contribution is 0.660. The van der Waals surface area contributed by atoms with Crippen LogP contribution in [-0.4, -0.2) is 0 Å². The number of halogens is 2. The fraction of sp³-hybridized carbons (Fsp3) is 0. The first-order chi connectivity index (χ1) is 8.15. The lowest BCUT2D eigenvalue weighted by Gasteiger charge is -2.03. The molecule has 84 valence electrons. The van der Waals surface area contributed by atoms with Crippen molar-refractivity contribution < 1.29 is 4.42 Å². The van der Waals surface area contributed by atoms with E-state index in [9.17, 15) is 0 Å². The Hall–Kier alpha value is -1.09. The van der Waals surface area contributed by atoms with Gasteiger partial charge in [0.1, 0.15) is 11.2 Å². The molecule has 4 heteroatoms. The zero-order valence-electron chi connectivity index (χ0n) is 8.54. The van der Waals surface area contributed by atoms with Crippen LogP contribution in [0.5, 0.6) is 0 Å². The number of fused-ring (bicyclic) bond motifs is 2. The largest absolute Gasteiger partial charge is 0.456 e. The molecule has 0 aliphatic carbocycles. The van der Waals surface area contributed by atoms with Crippen LogP contribution in [0.3, 0.4) is 0 Å². The summed E-state index contributed by atoms with van der Waals surface area (Å²) in [6.45, 7) is 0. The van der Waals surface area contributed by atoms with Crippen LogP contribution in [0, 0.1) is 4.51 Å². The maximum absolute atomic E-state index is 5.96. The van der Waals surface area contributed by atoms with E-state index >= 15 is 0 Å². The normalized spacial score (nSPS) is 11.2. The molecular weight excluding hydrogens is 275 g/mol. The highest BCUT2D eigenvalue weighted by atomic mass is 35.5. The Bertz CT molecular complexity index is 729. The van der Waals surface area contributed by atoms with Gasteiger partial charge in [0.25, 0.3) is 0 Å². The second-order valence-electron chi connectivity index (χ2n) is 3.71. The summed E-state index contributed by atoms with van der Waals surface area (Å²) >= 11 is 17.4. The van der Waals surface area contributed by atoms with Crippen LogP contribution < -0.4 is 0 Å². The lowest BCUT2D eigenvalue weighted by atomic mass is 10.1. The van der Waals surface area contributed by atoms with E-state index in [4.69, 9.17) is 39.8 Å². The van der Waals surface area contributed by atoms with E-state index in [0.717, 1.165) is 21.9 Å². The Labute approximate surface area is 113 Å². The Morgan fingerprint density at radius 2 is 1.29 bits per heavy atom. The monoisotopic (exact) mass is 280 g/mol. The minimum atomic E-state index is 0.639. The van der Waals surface area contributed by atoms with Crippen molar-refractivity contribution in [3.8, 4) is 0 Å². The van der Waals surface area contributed by atoms with Crippen molar-refractivity contribution in [2.24, 2.45) is 0 Å². The van der Waals surface area contributed by atoms with Gasteiger partial charge in [-0.1, -0.05) is 35.4 Å². The lowest BCUT2D eigenvalue weighted by Crippen LogP contribution is -1.79. The fourth-order valence-electron chi connectivity index (χ4n) is 1.80. The average Bonchev–Trinajstić information content (AvgIpc) is 2.32. The van der Waals surface area contributed by atoms with E-state index in [1.165, 1.54) is 0 Å². The molecule has 0 saturated heterocycles. The molecule has 2 aromatic carbocycles. The Balaban J connectivity index is 2.58. The molecule has 3 aromatic rings. The van der Waals surface area contributed by atoms with Gasteiger partial charge in [-0.15, -0.1) is 0 Å². The molecule has 0 spiro atoms. The summed E-state index contributed by atoms with van der Waals surface area (Å²) in [5, 5.41) is 2.95. The third-order valence-electron chi connectivity index (χ3n) is 2.59. The van der Waals surface area contributed by atoms with Crippen LogP contribution in [0.4, 0.5) is 0 Å². The highest BCUT2D eigenvalue weighted by molar-refractivity contribution is 7.72. The predicted molar refractivity (Wildman–Crippen MR) is 74.6 cm³/mol. The van der Waals surface area contributed by atoms with Crippen LogP contribution in [0.1, 0.15) is 0 Å². The molecule has 1 aromatic heterocycles. The average molecular weight is 281 g/mol. The summed E-state index contributed by atoms with van der Waals surface area (Å²) < 4.78 is 6.47. The molecular formula is C13H6Cl2OS. The molecule has 0 fully saturated rings. The first-order valence-electron chi connectivity index (χ1n) is 4.97. The minimum Gasteiger partial charge on any atom is -0.456 e. The van der Waals surface area contributed by atoms with Crippen molar-refractivity contribution in [2.75, 3.05) is 0 Å². The van der Waals surface area contributed by atoms with Crippen LogP contribution in [-0.2, 0) is 0 Å². The topological polar surface area (TPSA) is 13.1 Å². The van der Waals surface area contributed by atoms with Crippen LogP contribution >= 0.6 is 35.4 Å². The van der Waals surface area contributed by atoms with Gasteiger partial charge in [-0.3, -0.25) is 0 Å². The maximum atomic E-state index is 5.96. The summed E-state index contributed by atoms with van der Waals surface area (Å²) in [4.78, 5) is 0. The molecule has 0 aliphatic heterocycles.